The van der Waals surface area contributed by atoms with Crippen LogP contribution in [0.3, 0.4) is 0 Å². The number of halogens is 5. The molecule has 0 fully saturated rings. The van der Waals surface area contributed by atoms with Crippen molar-refractivity contribution in [1.82, 2.24) is 4.90 Å². The summed E-state index contributed by atoms with van der Waals surface area (Å²) in [6.45, 7) is 0. The summed E-state index contributed by atoms with van der Waals surface area (Å²) >= 11 is 12.0. The van der Waals surface area contributed by atoms with Crippen molar-refractivity contribution >= 4 is 40.9 Å². The Bertz CT molecular complexity index is 902. The van der Waals surface area contributed by atoms with Gasteiger partial charge in [0.15, 0.2) is 5.69 Å². The van der Waals surface area contributed by atoms with Crippen LogP contribution in [0.2, 0.25) is 10.0 Å². The number of alkyl halides is 3. The van der Waals surface area contributed by atoms with Crippen LogP contribution >= 0.6 is 23.2 Å². The summed E-state index contributed by atoms with van der Waals surface area (Å²) in [6, 6.07) is 4.88. The Morgan fingerprint density at radius 3 is 2.33 bits per heavy atom. The first kappa shape index (κ1) is 20.8. The Labute approximate surface area is 161 Å². The highest BCUT2D eigenvalue weighted by molar-refractivity contribution is 6.35. The average Bonchev–Trinajstić information content (AvgIpc) is 2.55. The van der Waals surface area contributed by atoms with E-state index in [9.17, 15) is 23.3 Å². The molecule has 0 aliphatic carbocycles. The first-order chi connectivity index (χ1) is 12.5. The van der Waals surface area contributed by atoms with Crippen molar-refractivity contribution in [2.45, 2.75) is 6.18 Å². The molecule has 6 nitrogen and oxygen atoms in total. The lowest BCUT2D eigenvalue weighted by molar-refractivity contribution is -0.384. The van der Waals surface area contributed by atoms with E-state index in [1.165, 1.54) is 12.4 Å². The number of hydrogen-bond donors (Lipinski definition) is 0. The van der Waals surface area contributed by atoms with Crippen molar-refractivity contribution in [2.75, 3.05) is 14.1 Å². The maximum atomic E-state index is 12.7. The Morgan fingerprint density at radius 1 is 1.19 bits per heavy atom. The van der Waals surface area contributed by atoms with Crippen molar-refractivity contribution in [1.29, 1.82) is 0 Å². The number of nitro benzene ring substituents is 1. The lowest BCUT2D eigenvalue weighted by Crippen LogP contribution is -2.07. The summed E-state index contributed by atoms with van der Waals surface area (Å²) in [7, 11) is 3.32. The molecule has 11 heteroatoms. The van der Waals surface area contributed by atoms with Gasteiger partial charge in [0.2, 0.25) is 0 Å². The summed E-state index contributed by atoms with van der Waals surface area (Å²) < 4.78 is 43.6. The highest BCUT2D eigenvalue weighted by Gasteiger charge is 2.31. The molecule has 0 spiro atoms. The molecule has 2 rings (SSSR count). The third-order valence-corrected chi connectivity index (χ3v) is 3.81. The number of ether oxygens (including phenoxy) is 1. The molecule has 0 heterocycles. The highest BCUT2D eigenvalue weighted by atomic mass is 35.5. The smallest absolute Gasteiger partial charge is 0.416 e. The highest BCUT2D eigenvalue weighted by Crippen LogP contribution is 2.44. The van der Waals surface area contributed by atoms with Crippen LogP contribution in [0, 0.1) is 10.1 Å². The van der Waals surface area contributed by atoms with E-state index in [0.717, 1.165) is 18.2 Å². The Hall–Kier alpha value is -2.52. The number of benzene rings is 2. The predicted octanol–water partition coefficient (Wildman–Crippen LogP) is 5.93. The van der Waals surface area contributed by atoms with Crippen molar-refractivity contribution in [3.05, 3.63) is 56.1 Å². The fourth-order valence-corrected chi connectivity index (χ4v) is 2.40. The van der Waals surface area contributed by atoms with Crippen LogP contribution in [0.25, 0.3) is 0 Å². The molecular formula is C16H12Cl2F3N3O3. The summed E-state index contributed by atoms with van der Waals surface area (Å²) in [6.07, 6.45) is -3.25. The van der Waals surface area contributed by atoms with E-state index < -0.39 is 16.7 Å². The second-order valence-electron chi connectivity index (χ2n) is 5.46. The van der Waals surface area contributed by atoms with E-state index >= 15 is 0 Å². The van der Waals surface area contributed by atoms with Gasteiger partial charge >= 0.3 is 6.18 Å². The van der Waals surface area contributed by atoms with Gasteiger partial charge in [0, 0.05) is 20.2 Å². The van der Waals surface area contributed by atoms with Gasteiger partial charge in [-0.05, 0) is 24.3 Å². The molecule has 0 aromatic heterocycles. The van der Waals surface area contributed by atoms with Crippen LogP contribution in [0.5, 0.6) is 11.5 Å². The molecule has 0 saturated heterocycles. The summed E-state index contributed by atoms with van der Waals surface area (Å²) in [4.78, 5) is 16.0. The number of hydrogen-bond acceptors (Lipinski definition) is 4. The summed E-state index contributed by atoms with van der Waals surface area (Å²) in [5.74, 6) is -0.141. The van der Waals surface area contributed by atoms with E-state index in [2.05, 4.69) is 4.99 Å². The lowest BCUT2D eigenvalue weighted by atomic mass is 10.2. The molecule has 0 radical (unpaired) electrons. The molecule has 27 heavy (non-hydrogen) atoms. The molecule has 0 bridgehead atoms. The van der Waals surface area contributed by atoms with Crippen LogP contribution in [0.15, 0.2) is 35.3 Å². The monoisotopic (exact) mass is 421 g/mol. The van der Waals surface area contributed by atoms with Crippen LogP contribution in [-0.4, -0.2) is 30.3 Å². The topological polar surface area (TPSA) is 68.0 Å². The first-order valence-corrected chi connectivity index (χ1v) is 7.98. The van der Waals surface area contributed by atoms with Gasteiger partial charge in [0.25, 0.3) is 5.69 Å². The van der Waals surface area contributed by atoms with Crippen LogP contribution < -0.4 is 4.74 Å². The fraction of sp³-hybridized carbons (Fsp3) is 0.188. The minimum Gasteiger partial charge on any atom is -0.454 e. The van der Waals surface area contributed by atoms with Crippen molar-refractivity contribution in [3.63, 3.8) is 0 Å². The normalized spacial score (nSPS) is 11.7. The third-order valence-electron chi connectivity index (χ3n) is 3.15. The van der Waals surface area contributed by atoms with Gasteiger partial charge in [0.05, 0.1) is 21.8 Å². The van der Waals surface area contributed by atoms with Gasteiger partial charge in [0.1, 0.15) is 16.5 Å². The molecule has 0 aliphatic rings. The van der Waals surface area contributed by atoms with Gasteiger partial charge in [-0.2, -0.15) is 13.2 Å². The van der Waals surface area contributed by atoms with Gasteiger partial charge in [-0.3, -0.25) is 10.1 Å². The third kappa shape index (κ3) is 5.01. The molecule has 0 saturated carbocycles. The van der Waals surface area contributed by atoms with Crippen molar-refractivity contribution in [2.24, 2.45) is 4.99 Å². The quantitative estimate of drug-likeness (QED) is 0.259. The maximum Gasteiger partial charge on any atom is 0.416 e. The van der Waals surface area contributed by atoms with E-state index in [-0.39, 0.29) is 32.9 Å². The van der Waals surface area contributed by atoms with Gasteiger partial charge in [-0.25, -0.2) is 4.99 Å². The molecule has 0 aliphatic heterocycles. The second-order valence-corrected chi connectivity index (χ2v) is 6.24. The van der Waals surface area contributed by atoms with Crippen molar-refractivity contribution < 1.29 is 22.8 Å². The molecule has 144 valence electrons. The number of nitrogens with zero attached hydrogens (tertiary/aromatic N) is 3. The lowest BCUT2D eigenvalue weighted by Gasteiger charge is -2.13. The Kier molecular flexibility index (Phi) is 6.17. The maximum absolute atomic E-state index is 12.7. The molecule has 2 aromatic carbocycles. The molecule has 0 amide bonds. The SMILES string of the molecule is CN(C)C=Nc1c([N+](=O)[O-])ccc(Oc2ccc(C(F)(F)F)cc2Cl)c1Cl. The first-order valence-electron chi connectivity index (χ1n) is 7.23. The minimum absolute atomic E-state index is 0.0465. The van der Waals surface area contributed by atoms with Gasteiger partial charge in [-0.15, -0.1) is 0 Å². The Morgan fingerprint density at radius 2 is 1.81 bits per heavy atom. The van der Waals surface area contributed by atoms with E-state index in [1.807, 2.05) is 0 Å². The molecular weight excluding hydrogens is 410 g/mol. The zero-order chi connectivity index (χ0) is 20.4. The van der Waals surface area contributed by atoms with Crippen LogP contribution in [-0.2, 0) is 6.18 Å². The average molecular weight is 422 g/mol. The number of rotatable bonds is 5. The molecule has 0 unspecified atom stereocenters. The number of nitro groups is 1. The van der Waals surface area contributed by atoms with Crippen molar-refractivity contribution in [3.8, 4) is 11.5 Å². The minimum atomic E-state index is -4.55. The molecule has 2 aromatic rings. The molecule has 0 atom stereocenters. The van der Waals surface area contributed by atoms with E-state index in [1.54, 1.807) is 19.0 Å². The van der Waals surface area contributed by atoms with Gasteiger partial charge < -0.3 is 9.64 Å². The zero-order valence-corrected chi connectivity index (χ0v) is 15.4. The zero-order valence-electron chi connectivity index (χ0n) is 13.9. The Balaban J connectivity index is 2.45. The number of aliphatic imine (C=N–C) groups is 1. The predicted molar refractivity (Wildman–Crippen MR) is 96.5 cm³/mol. The standard InChI is InChI=1S/C16H12Cl2F3N3O3/c1-23(2)8-22-15-11(24(25)26)4-6-13(14(15)18)27-12-5-3-9(7-10(12)17)16(19,20)21/h3-8H,1-2H3. The largest absolute Gasteiger partial charge is 0.454 e. The fourth-order valence-electron chi connectivity index (χ4n) is 1.94. The van der Waals surface area contributed by atoms with Crippen LogP contribution in [0.1, 0.15) is 5.56 Å². The van der Waals surface area contributed by atoms with E-state index in [0.29, 0.717) is 6.07 Å². The van der Waals surface area contributed by atoms with E-state index in [4.69, 9.17) is 27.9 Å². The second kappa shape index (κ2) is 8.01. The molecule has 0 N–H and O–H groups in total. The van der Waals surface area contributed by atoms with Crippen LogP contribution in [0.4, 0.5) is 24.5 Å². The van der Waals surface area contributed by atoms with Gasteiger partial charge in [-0.1, -0.05) is 23.2 Å². The summed E-state index contributed by atoms with van der Waals surface area (Å²) in [5, 5.41) is 10.7. The summed E-state index contributed by atoms with van der Waals surface area (Å²) in [5.41, 5.74) is -1.45.